The predicted octanol–water partition coefficient (Wildman–Crippen LogP) is -2.30. The fraction of sp³-hybridized carbons (Fsp3) is 0.278. The first-order chi connectivity index (χ1) is 11.7. The number of anilines is 1. The Labute approximate surface area is 161 Å². The van der Waals surface area contributed by atoms with Gasteiger partial charge in [-0.25, -0.2) is 4.39 Å². The van der Waals surface area contributed by atoms with Crippen LogP contribution in [0.5, 0.6) is 0 Å². The molecule has 0 N–H and O–H groups in total. The van der Waals surface area contributed by atoms with Gasteiger partial charge >= 0.3 is 18.9 Å². The van der Waals surface area contributed by atoms with Crippen LogP contribution in [0.3, 0.4) is 0 Å². The van der Waals surface area contributed by atoms with Crippen molar-refractivity contribution in [1.29, 1.82) is 0 Å². The van der Waals surface area contributed by atoms with E-state index in [4.69, 9.17) is 0 Å². The minimum Gasteiger partial charge on any atom is -0.548 e. The molecule has 0 fully saturated rings. The van der Waals surface area contributed by atoms with Crippen molar-refractivity contribution in [1.82, 2.24) is 4.57 Å². The number of carboxylic acids is 1. The number of amides is 1. The molecule has 0 spiro atoms. The summed E-state index contributed by atoms with van der Waals surface area (Å²) in [6.07, 6.45) is 0. The minimum atomic E-state index is -1.44. The van der Waals surface area contributed by atoms with Crippen LogP contribution in [0.4, 0.5) is 10.1 Å². The van der Waals surface area contributed by atoms with Crippen LogP contribution in [-0.4, -0.2) is 23.0 Å². The Morgan fingerprint density at radius 1 is 1.27 bits per heavy atom. The molecule has 1 aliphatic rings. The van der Waals surface area contributed by atoms with Crippen molar-refractivity contribution in [2.45, 2.75) is 19.8 Å². The molecule has 1 unspecified atom stereocenters. The van der Waals surface area contributed by atoms with Gasteiger partial charge in [0.1, 0.15) is 5.82 Å². The van der Waals surface area contributed by atoms with Gasteiger partial charge in [0.15, 0.2) is 0 Å². The van der Waals surface area contributed by atoms with E-state index >= 15 is 0 Å². The number of halogens is 1. The van der Waals surface area contributed by atoms with Crippen molar-refractivity contribution in [3.8, 4) is 11.1 Å². The third-order valence-corrected chi connectivity index (χ3v) is 4.61. The van der Waals surface area contributed by atoms with E-state index in [0.29, 0.717) is 16.8 Å². The van der Waals surface area contributed by atoms with E-state index in [9.17, 15) is 23.9 Å². The molecule has 0 aliphatic carbocycles. The minimum absolute atomic E-state index is 0. The molecular weight excluding hydrogens is 334 g/mol. The summed E-state index contributed by atoms with van der Waals surface area (Å²) in [6, 6.07) is 5.46. The quantitative estimate of drug-likeness (QED) is 0.571. The number of carbonyl (C=O) groups excluding carboxylic acids is 2. The third kappa shape index (κ3) is 3.09. The molecule has 6 nitrogen and oxygen atoms in total. The molecule has 130 valence electrons. The van der Waals surface area contributed by atoms with E-state index in [1.54, 1.807) is 27.0 Å². The molecule has 0 radical (unpaired) electrons. The monoisotopic (exact) mass is 350 g/mol. The van der Waals surface area contributed by atoms with E-state index in [0.717, 1.165) is 4.90 Å². The van der Waals surface area contributed by atoms with E-state index in [1.807, 2.05) is 0 Å². The van der Waals surface area contributed by atoms with Gasteiger partial charge in [-0.3, -0.25) is 9.59 Å². The van der Waals surface area contributed by atoms with Gasteiger partial charge in [0.2, 0.25) is 5.91 Å². The topological polar surface area (TPSA) is 82.4 Å². The predicted molar refractivity (Wildman–Crippen MR) is 87.6 cm³/mol. The maximum absolute atomic E-state index is 13.7. The molecule has 1 aromatic carbocycles. The number of aryl methyl sites for hydroxylation is 1. The number of aliphatic carboxylic acids is 1. The van der Waals surface area contributed by atoms with Gasteiger partial charge in [0, 0.05) is 12.7 Å². The van der Waals surface area contributed by atoms with Crippen LogP contribution in [0.1, 0.15) is 24.1 Å². The van der Waals surface area contributed by atoms with Gasteiger partial charge in [0.05, 0.1) is 29.7 Å². The van der Waals surface area contributed by atoms with Crippen molar-refractivity contribution in [2.75, 3.05) is 11.4 Å². The maximum Gasteiger partial charge on any atom is 1.00 e. The molecule has 1 atom stereocenters. The first kappa shape index (κ1) is 20.0. The van der Waals surface area contributed by atoms with Gasteiger partial charge in [-0.05, 0) is 43.2 Å². The Morgan fingerprint density at radius 3 is 2.54 bits per heavy atom. The number of rotatable bonds is 2. The average Bonchev–Trinajstić information content (AvgIpc) is 2.63. The van der Waals surface area contributed by atoms with E-state index < -0.39 is 30.2 Å². The molecule has 1 aliphatic heterocycles. The summed E-state index contributed by atoms with van der Waals surface area (Å²) in [6.45, 7) is 2.56. The van der Waals surface area contributed by atoms with E-state index in [-0.39, 0.29) is 35.7 Å². The Morgan fingerprint density at radius 2 is 1.92 bits per heavy atom. The molecule has 2 aromatic rings. The second-order valence-electron chi connectivity index (χ2n) is 6.16. The second-order valence-corrected chi connectivity index (χ2v) is 6.16. The van der Waals surface area contributed by atoms with Crippen molar-refractivity contribution < 1.29 is 37.9 Å². The summed E-state index contributed by atoms with van der Waals surface area (Å²) < 4.78 is 15.1. The summed E-state index contributed by atoms with van der Waals surface area (Å²) >= 11 is 0. The molecule has 0 saturated carbocycles. The summed E-state index contributed by atoms with van der Waals surface area (Å²) in [7, 11) is 1.58. The number of fused-ring (bicyclic) bond motifs is 3. The zero-order chi connectivity index (χ0) is 18.5. The van der Waals surface area contributed by atoms with Crippen LogP contribution >= 0.6 is 0 Å². The molecule has 3 rings (SSSR count). The third-order valence-electron chi connectivity index (χ3n) is 4.61. The fourth-order valence-electron chi connectivity index (χ4n) is 3.17. The van der Waals surface area contributed by atoms with E-state index in [1.165, 1.54) is 22.8 Å². The van der Waals surface area contributed by atoms with Gasteiger partial charge in [-0.2, -0.15) is 0 Å². The van der Waals surface area contributed by atoms with Crippen molar-refractivity contribution in [3.05, 3.63) is 51.7 Å². The number of carbonyl (C=O) groups is 2. The van der Waals surface area contributed by atoms with E-state index in [2.05, 4.69) is 0 Å². The van der Waals surface area contributed by atoms with Crippen LogP contribution in [0.2, 0.25) is 0 Å². The largest absolute Gasteiger partial charge is 1.00 e. The smallest absolute Gasteiger partial charge is 0.548 e. The molecule has 1 aromatic heterocycles. The van der Waals surface area contributed by atoms with Crippen LogP contribution in [0, 0.1) is 12.7 Å². The number of hydrogen-bond donors (Lipinski definition) is 0. The summed E-state index contributed by atoms with van der Waals surface area (Å²) in [4.78, 5) is 37.9. The first-order valence-corrected chi connectivity index (χ1v) is 7.74. The Bertz CT molecular complexity index is 970. The van der Waals surface area contributed by atoms with Crippen molar-refractivity contribution >= 4 is 17.6 Å². The standard InChI is InChI=1S/C18H17FN2O4.Li/c1-9-6-14-16(18(25)20(9)3)12-5-4-11(19)7-13(12)10(2)17(24)21(14)8-15(22)23;/h4-7,10H,8H2,1-3H3,(H,22,23);/q;+1/p-1. The van der Waals surface area contributed by atoms with Gasteiger partial charge in [-0.15, -0.1) is 0 Å². The van der Waals surface area contributed by atoms with Crippen molar-refractivity contribution in [3.63, 3.8) is 0 Å². The Kier molecular flexibility index (Phi) is 5.45. The van der Waals surface area contributed by atoms with Gasteiger partial charge < -0.3 is 19.4 Å². The van der Waals surface area contributed by atoms with Crippen molar-refractivity contribution in [2.24, 2.45) is 7.05 Å². The van der Waals surface area contributed by atoms with Gasteiger partial charge in [-0.1, -0.05) is 6.07 Å². The number of nitrogens with zero attached hydrogens (tertiary/aromatic N) is 2. The normalized spacial score (nSPS) is 15.6. The maximum atomic E-state index is 13.7. The fourth-order valence-corrected chi connectivity index (χ4v) is 3.17. The zero-order valence-electron chi connectivity index (χ0n) is 15.0. The summed E-state index contributed by atoms with van der Waals surface area (Å²) in [5.41, 5.74) is 1.35. The summed E-state index contributed by atoms with van der Waals surface area (Å²) in [5, 5.41) is 11.2. The molecule has 26 heavy (non-hydrogen) atoms. The second kappa shape index (κ2) is 7.10. The molecule has 0 saturated heterocycles. The number of aromatic nitrogens is 1. The number of hydrogen-bond acceptors (Lipinski definition) is 4. The SMILES string of the molecule is Cc1cc2c(c(=O)n1C)-c1ccc(F)cc1C(C)C(=O)N2CC(=O)[O-].[Li+]. The van der Waals surface area contributed by atoms with Crippen LogP contribution in [-0.2, 0) is 16.6 Å². The van der Waals surface area contributed by atoms with Gasteiger partial charge in [0.25, 0.3) is 5.56 Å². The number of carboxylic acid groups (broad SMARTS) is 1. The van der Waals surface area contributed by atoms with Crippen LogP contribution in [0.15, 0.2) is 29.1 Å². The molecule has 2 heterocycles. The zero-order valence-corrected chi connectivity index (χ0v) is 15.0. The molecule has 0 bridgehead atoms. The number of benzene rings is 1. The average molecular weight is 350 g/mol. The molecular formula is C18H16FLiN2O4. The Hall–Kier alpha value is -2.36. The molecule has 1 amide bonds. The number of pyridine rings is 1. The Balaban J connectivity index is 0.00000243. The first-order valence-electron chi connectivity index (χ1n) is 7.74. The molecule has 8 heteroatoms. The summed E-state index contributed by atoms with van der Waals surface area (Å²) in [5.74, 6) is -3.30. The van der Waals surface area contributed by atoms with Crippen LogP contribution < -0.4 is 34.4 Å². The van der Waals surface area contributed by atoms with Crippen LogP contribution in [0.25, 0.3) is 11.1 Å².